The highest BCUT2D eigenvalue weighted by molar-refractivity contribution is 5.30. The van der Waals surface area contributed by atoms with Crippen LogP contribution in [-0.2, 0) is 19.4 Å². The van der Waals surface area contributed by atoms with Crippen molar-refractivity contribution >= 4 is 0 Å². The van der Waals surface area contributed by atoms with Gasteiger partial charge in [0.2, 0.25) is 0 Å². The van der Waals surface area contributed by atoms with Crippen molar-refractivity contribution < 1.29 is 5.11 Å². The first kappa shape index (κ1) is 13.4. The lowest BCUT2D eigenvalue weighted by atomic mass is 9.80. The van der Waals surface area contributed by atoms with Crippen molar-refractivity contribution in [2.24, 2.45) is 5.92 Å². The summed E-state index contributed by atoms with van der Waals surface area (Å²) >= 11 is 0. The summed E-state index contributed by atoms with van der Waals surface area (Å²) in [5.74, 6) is 0.303. The fourth-order valence-electron chi connectivity index (χ4n) is 3.23. The van der Waals surface area contributed by atoms with Gasteiger partial charge in [-0.2, -0.15) is 5.10 Å². The summed E-state index contributed by atoms with van der Waals surface area (Å²) in [6, 6.07) is 10.6. The lowest BCUT2D eigenvalue weighted by Gasteiger charge is -2.28. The van der Waals surface area contributed by atoms with E-state index in [1.165, 1.54) is 11.1 Å². The molecule has 2 atom stereocenters. The minimum atomic E-state index is -0.405. The number of fused-ring (bicyclic) bond motifs is 1. The average Bonchev–Trinajstić information content (AvgIpc) is 2.94. The molecule has 0 radical (unpaired) electrons. The smallest absolute Gasteiger partial charge is 0.0987 e. The van der Waals surface area contributed by atoms with Crippen LogP contribution in [0.25, 0.3) is 0 Å². The van der Waals surface area contributed by atoms with Crippen LogP contribution >= 0.6 is 0 Å². The molecule has 106 valence electrons. The summed E-state index contributed by atoms with van der Waals surface area (Å²) in [6.07, 6.45) is 5.52. The van der Waals surface area contributed by atoms with E-state index in [-0.39, 0.29) is 0 Å². The minimum absolute atomic E-state index is 0.303. The molecule has 3 rings (SSSR count). The van der Waals surface area contributed by atoms with Gasteiger partial charge in [0.1, 0.15) is 0 Å². The van der Waals surface area contributed by atoms with Gasteiger partial charge in [0.05, 0.1) is 11.8 Å². The van der Waals surface area contributed by atoms with Crippen molar-refractivity contribution in [1.82, 2.24) is 9.78 Å². The van der Waals surface area contributed by atoms with Crippen LogP contribution in [0.3, 0.4) is 0 Å². The molecule has 0 saturated carbocycles. The molecule has 1 heterocycles. The van der Waals surface area contributed by atoms with Crippen LogP contribution in [0.5, 0.6) is 0 Å². The van der Waals surface area contributed by atoms with Gasteiger partial charge >= 0.3 is 0 Å². The summed E-state index contributed by atoms with van der Waals surface area (Å²) in [6.45, 7) is 3.01. The lowest BCUT2D eigenvalue weighted by molar-refractivity contribution is 0.0905. The van der Waals surface area contributed by atoms with Gasteiger partial charge in [0, 0.05) is 12.7 Å². The van der Waals surface area contributed by atoms with Gasteiger partial charge in [-0.25, -0.2) is 0 Å². The molecule has 1 aliphatic rings. The monoisotopic (exact) mass is 270 g/mol. The van der Waals surface area contributed by atoms with Crippen molar-refractivity contribution in [2.75, 3.05) is 0 Å². The average molecular weight is 270 g/mol. The first-order valence-electron chi connectivity index (χ1n) is 7.56. The van der Waals surface area contributed by atoms with E-state index in [1.807, 2.05) is 10.7 Å². The van der Waals surface area contributed by atoms with Crippen molar-refractivity contribution in [2.45, 2.75) is 45.3 Å². The van der Waals surface area contributed by atoms with Gasteiger partial charge in [0.15, 0.2) is 0 Å². The van der Waals surface area contributed by atoms with Gasteiger partial charge in [0.25, 0.3) is 0 Å². The van der Waals surface area contributed by atoms with Crippen LogP contribution in [0.1, 0.15) is 42.7 Å². The van der Waals surface area contributed by atoms with Crippen molar-refractivity contribution in [1.29, 1.82) is 0 Å². The van der Waals surface area contributed by atoms with Gasteiger partial charge in [-0.1, -0.05) is 31.2 Å². The zero-order valence-corrected chi connectivity index (χ0v) is 12.0. The van der Waals surface area contributed by atoms with E-state index in [9.17, 15) is 5.11 Å². The quantitative estimate of drug-likeness (QED) is 0.927. The molecule has 3 nitrogen and oxygen atoms in total. The van der Waals surface area contributed by atoms with Crippen LogP contribution in [0.15, 0.2) is 36.5 Å². The standard InChI is InChI=1S/C17H22N2O/c1-2-11-19-16(9-10-18-19)17(20)15-8-7-13-5-3-4-6-14(13)12-15/h3-6,9-10,15,17,20H,2,7-8,11-12H2,1H3. The van der Waals surface area contributed by atoms with Crippen LogP contribution in [0.2, 0.25) is 0 Å². The third-order valence-electron chi connectivity index (χ3n) is 4.32. The number of hydrogen-bond acceptors (Lipinski definition) is 2. The number of aromatic nitrogens is 2. The number of aliphatic hydroxyl groups excluding tert-OH is 1. The van der Waals surface area contributed by atoms with E-state index in [0.29, 0.717) is 5.92 Å². The first-order valence-corrected chi connectivity index (χ1v) is 7.56. The van der Waals surface area contributed by atoms with E-state index in [0.717, 1.165) is 37.9 Å². The third kappa shape index (κ3) is 2.50. The Morgan fingerprint density at radius 1 is 1.30 bits per heavy atom. The molecule has 2 unspecified atom stereocenters. The zero-order valence-electron chi connectivity index (χ0n) is 12.0. The summed E-state index contributed by atoms with van der Waals surface area (Å²) in [7, 11) is 0. The molecule has 1 aliphatic carbocycles. The number of aliphatic hydroxyl groups is 1. The first-order chi connectivity index (χ1) is 9.79. The summed E-state index contributed by atoms with van der Waals surface area (Å²) in [5.41, 5.74) is 3.80. The summed E-state index contributed by atoms with van der Waals surface area (Å²) < 4.78 is 1.95. The Balaban J connectivity index is 1.78. The second-order valence-corrected chi connectivity index (χ2v) is 5.70. The fraction of sp³-hybridized carbons (Fsp3) is 0.471. The van der Waals surface area contributed by atoms with E-state index in [1.54, 1.807) is 6.20 Å². The molecule has 1 N–H and O–H groups in total. The SMILES string of the molecule is CCCn1nccc1C(O)C1CCc2ccccc2C1. The van der Waals surface area contributed by atoms with Crippen LogP contribution < -0.4 is 0 Å². The summed E-state index contributed by atoms with van der Waals surface area (Å²) in [5, 5.41) is 15.0. The Bertz CT molecular complexity index is 576. The Morgan fingerprint density at radius 3 is 2.90 bits per heavy atom. The van der Waals surface area contributed by atoms with Gasteiger partial charge in [-0.15, -0.1) is 0 Å². The topological polar surface area (TPSA) is 38.0 Å². The van der Waals surface area contributed by atoms with E-state index in [4.69, 9.17) is 0 Å². The third-order valence-corrected chi connectivity index (χ3v) is 4.32. The molecule has 0 saturated heterocycles. The van der Waals surface area contributed by atoms with E-state index in [2.05, 4.69) is 36.3 Å². The Labute approximate surface area is 120 Å². The molecule has 20 heavy (non-hydrogen) atoms. The number of hydrogen-bond donors (Lipinski definition) is 1. The molecule has 3 heteroatoms. The zero-order chi connectivity index (χ0) is 13.9. The van der Waals surface area contributed by atoms with Crippen molar-refractivity contribution in [3.63, 3.8) is 0 Å². The largest absolute Gasteiger partial charge is 0.387 e. The number of benzene rings is 1. The number of rotatable bonds is 4. The van der Waals surface area contributed by atoms with Crippen LogP contribution in [-0.4, -0.2) is 14.9 Å². The number of aryl methyl sites for hydroxylation is 2. The van der Waals surface area contributed by atoms with Crippen LogP contribution in [0, 0.1) is 5.92 Å². The van der Waals surface area contributed by atoms with Gasteiger partial charge in [-0.3, -0.25) is 4.68 Å². The molecule has 0 bridgehead atoms. The maximum absolute atomic E-state index is 10.7. The number of nitrogens with zero attached hydrogens (tertiary/aromatic N) is 2. The molecule has 2 aromatic rings. The van der Waals surface area contributed by atoms with Crippen molar-refractivity contribution in [3.05, 3.63) is 53.3 Å². The van der Waals surface area contributed by atoms with E-state index < -0.39 is 6.10 Å². The fourth-order valence-corrected chi connectivity index (χ4v) is 3.23. The Morgan fingerprint density at radius 2 is 2.10 bits per heavy atom. The predicted molar refractivity (Wildman–Crippen MR) is 79.4 cm³/mol. The molecule has 0 amide bonds. The molecular formula is C17H22N2O. The highest BCUT2D eigenvalue weighted by Gasteiger charge is 2.27. The molecule has 0 fully saturated rings. The highest BCUT2D eigenvalue weighted by atomic mass is 16.3. The summed E-state index contributed by atoms with van der Waals surface area (Å²) in [4.78, 5) is 0. The molecule has 0 spiro atoms. The second kappa shape index (κ2) is 5.80. The maximum atomic E-state index is 10.7. The Hall–Kier alpha value is -1.61. The predicted octanol–water partition coefficient (Wildman–Crippen LogP) is 3.13. The molecule has 0 aliphatic heterocycles. The van der Waals surface area contributed by atoms with Gasteiger partial charge in [-0.05, 0) is 48.8 Å². The van der Waals surface area contributed by atoms with Crippen molar-refractivity contribution in [3.8, 4) is 0 Å². The van der Waals surface area contributed by atoms with E-state index >= 15 is 0 Å². The van der Waals surface area contributed by atoms with Crippen LogP contribution in [0.4, 0.5) is 0 Å². The molecule has 1 aromatic heterocycles. The van der Waals surface area contributed by atoms with Gasteiger partial charge < -0.3 is 5.11 Å². The maximum Gasteiger partial charge on any atom is 0.0987 e. The molecule has 1 aromatic carbocycles. The Kier molecular flexibility index (Phi) is 3.88. The highest BCUT2D eigenvalue weighted by Crippen LogP contribution is 2.34. The lowest BCUT2D eigenvalue weighted by Crippen LogP contribution is -2.23. The molecular weight excluding hydrogens is 248 g/mol. The minimum Gasteiger partial charge on any atom is -0.387 e. The second-order valence-electron chi connectivity index (χ2n) is 5.70. The normalized spacial score (nSPS) is 19.6.